The molecule has 3 aliphatic rings. The summed E-state index contributed by atoms with van der Waals surface area (Å²) < 4.78 is 0. The van der Waals surface area contributed by atoms with E-state index in [0.717, 1.165) is 24.9 Å². The minimum atomic E-state index is -0.0598. The van der Waals surface area contributed by atoms with Gasteiger partial charge in [-0.15, -0.1) is 0 Å². The second-order valence-corrected chi connectivity index (χ2v) is 7.26. The van der Waals surface area contributed by atoms with Gasteiger partial charge in [-0.05, 0) is 50.9 Å². The van der Waals surface area contributed by atoms with Crippen LogP contribution in [0, 0.1) is 5.92 Å². The Balaban J connectivity index is 1.80. The lowest BCUT2D eigenvalue weighted by Crippen LogP contribution is -2.66. The predicted octanol–water partition coefficient (Wildman–Crippen LogP) is 3.72. The van der Waals surface area contributed by atoms with E-state index in [1.165, 1.54) is 64.2 Å². The van der Waals surface area contributed by atoms with Gasteiger partial charge in [-0.25, -0.2) is 0 Å². The number of hydrogen-bond acceptors (Lipinski definition) is 2. The molecule has 3 rings (SSSR count). The Hall–Kier alpha value is -0.0800. The van der Waals surface area contributed by atoms with Gasteiger partial charge in [-0.2, -0.15) is 0 Å². The fourth-order valence-electron chi connectivity index (χ4n) is 5.28. The van der Waals surface area contributed by atoms with Crippen LogP contribution < -0.4 is 0 Å². The maximum atomic E-state index is 10.1. The highest BCUT2D eigenvalue weighted by atomic mass is 16.3. The maximum Gasteiger partial charge on any atom is 0.0668 e. The van der Waals surface area contributed by atoms with E-state index in [1.54, 1.807) is 0 Å². The topological polar surface area (TPSA) is 23.5 Å². The summed E-state index contributed by atoms with van der Waals surface area (Å²) in [7, 11) is 0. The van der Waals surface area contributed by atoms with Crippen molar-refractivity contribution in [3.05, 3.63) is 0 Å². The normalized spacial score (nSPS) is 43.6. The lowest BCUT2D eigenvalue weighted by atomic mass is 9.62. The largest absolute Gasteiger partial charge is 0.392 e. The quantitative estimate of drug-likeness (QED) is 0.840. The van der Waals surface area contributed by atoms with Crippen molar-refractivity contribution >= 4 is 0 Å². The highest BCUT2D eigenvalue weighted by molar-refractivity contribution is 5.07. The molecule has 0 radical (unpaired) electrons. The minimum Gasteiger partial charge on any atom is -0.392 e. The Morgan fingerprint density at radius 3 is 2.84 bits per heavy atom. The molecule has 0 amide bonds. The van der Waals surface area contributed by atoms with Crippen LogP contribution in [-0.2, 0) is 0 Å². The number of rotatable bonds is 3. The minimum absolute atomic E-state index is 0.0598. The molecule has 1 aliphatic carbocycles. The molecular formula is C17H31NO. The molecule has 110 valence electrons. The van der Waals surface area contributed by atoms with Crippen LogP contribution in [0.1, 0.15) is 77.6 Å². The first-order valence-corrected chi connectivity index (χ1v) is 8.71. The van der Waals surface area contributed by atoms with Crippen LogP contribution in [0.5, 0.6) is 0 Å². The molecule has 0 aromatic heterocycles. The molecule has 1 spiro atoms. The van der Waals surface area contributed by atoms with Crippen molar-refractivity contribution in [3.8, 4) is 0 Å². The van der Waals surface area contributed by atoms with E-state index in [-0.39, 0.29) is 6.10 Å². The van der Waals surface area contributed by atoms with Gasteiger partial charge in [0.2, 0.25) is 0 Å². The van der Waals surface area contributed by atoms with Crippen molar-refractivity contribution in [2.45, 2.75) is 95.2 Å². The Morgan fingerprint density at radius 1 is 1.11 bits per heavy atom. The van der Waals surface area contributed by atoms with Crippen LogP contribution in [0.3, 0.4) is 0 Å². The Bertz CT molecular complexity index is 306. The van der Waals surface area contributed by atoms with Gasteiger partial charge in [-0.1, -0.05) is 32.6 Å². The van der Waals surface area contributed by atoms with Gasteiger partial charge in [0.05, 0.1) is 6.10 Å². The van der Waals surface area contributed by atoms with E-state index < -0.39 is 0 Å². The smallest absolute Gasteiger partial charge is 0.0668 e. The van der Waals surface area contributed by atoms with E-state index >= 15 is 0 Å². The number of hydrogen-bond donors (Lipinski definition) is 1. The molecule has 0 aromatic carbocycles. The first-order valence-electron chi connectivity index (χ1n) is 8.71. The number of aliphatic hydroxyl groups is 1. The Kier molecular flexibility index (Phi) is 4.19. The first-order chi connectivity index (χ1) is 9.26. The molecular weight excluding hydrogens is 234 g/mol. The van der Waals surface area contributed by atoms with Crippen LogP contribution in [0.15, 0.2) is 0 Å². The monoisotopic (exact) mass is 265 g/mol. The van der Waals surface area contributed by atoms with Crippen molar-refractivity contribution in [2.24, 2.45) is 5.92 Å². The van der Waals surface area contributed by atoms with Crippen molar-refractivity contribution < 1.29 is 5.11 Å². The third-order valence-electron chi connectivity index (χ3n) is 6.24. The zero-order chi connectivity index (χ0) is 13.3. The number of nitrogens with zero attached hydrogens (tertiary/aromatic N) is 1. The van der Waals surface area contributed by atoms with Gasteiger partial charge >= 0.3 is 0 Å². The molecule has 3 fully saturated rings. The van der Waals surface area contributed by atoms with Crippen LogP contribution in [0.4, 0.5) is 0 Å². The lowest BCUT2D eigenvalue weighted by molar-refractivity contribution is -0.123. The predicted molar refractivity (Wildman–Crippen MR) is 79.2 cm³/mol. The van der Waals surface area contributed by atoms with Gasteiger partial charge in [0.1, 0.15) is 0 Å². The van der Waals surface area contributed by atoms with E-state index in [4.69, 9.17) is 0 Å². The highest BCUT2D eigenvalue weighted by Gasteiger charge is 2.52. The molecule has 0 bridgehead atoms. The molecule has 2 heterocycles. The summed E-state index contributed by atoms with van der Waals surface area (Å²) in [5, 5.41) is 10.1. The second kappa shape index (κ2) is 5.73. The zero-order valence-corrected chi connectivity index (χ0v) is 12.6. The van der Waals surface area contributed by atoms with E-state index in [0.29, 0.717) is 5.54 Å². The first kappa shape index (κ1) is 13.9. The average molecular weight is 265 g/mol. The van der Waals surface area contributed by atoms with E-state index in [9.17, 15) is 5.11 Å². The molecule has 2 saturated heterocycles. The summed E-state index contributed by atoms with van der Waals surface area (Å²) in [4.78, 5) is 2.80. The average Bonchev–Trinajstić information content (AvgIpc) is 2.44. The molecule has 1 saturated carbocycles. The summed E-state index contributed by atoms with van der Waals surface area (Å²) in [6.07, 6.45) is 14.9. The second-order valence-electron chi connectivity index (χ2n) is 7.26. The molecule has 0 unspecified atom stereocenters. The third-order valence-corrected chi connectivity index (χ3v) is 6.24. The maximum absolute atomic E-state index is 10.1. The summed E-state index contributed by atoms with van der Waals surface area (Å²) in [5.74, 6) is 0.937. The summed E-state index contributed by atoms with van der Waals surface area (Å²) in [5.41, 5.74) is 0.494. The Labute approximate surface area is 118 Å². The fourth-order valence-corrected chi connectivity index (χ4v) is 5.28. The van der Waals surface area contributed by atoms with E-state index in [1.807, 2.05) is 0 Å². The molecule has 1 N–H and O–H groups in total. The molecule has 2 aliphatic heterocycles. The number of β-amino-alcohol motifs (C(OH)–C–C–N with tert-alkyl or cyclic N) is 1. The van der Waals surface area contributed by atoms with E-state index in [2.05, 4.69) is 11.8 Å². The van der Waals surface area contributed by atoms with Crippen molar-refractivity contribution in [2.75, 3.05) is 6.54 Å². The van der Waals surface area contributed by atoms with Crippen molar-refractivity contribution in [1.82, 2.24) is 4.90 Å². The van der Waals surface area contributed by atoms with Crippen molar-refractivity contribution in [3.63, 3.8) is 0 Å². The number of unbranched alkanes of at least 4 members (excludes halogenated alkanes) is 1. The van der Waals surface area contributed by atoms with Gasteiger partial charge < -0.3 is 5.11 Å². The van der Waals surface area contributed by atoms with Crippen LogP contribution in [-0.4, -0.2) is 34.2 Å². The molecule has 0 aromatic rings. The van der Waals surface area contributed by atoms with Crippen LogP contribution in [0.25, 0.3) is 0 Å². The van der Waals surface area contributed by atoms with Gasteiger partial charge in [0.15, 0.2) is 0 Å². The van der Waals surface area contributed by atoms with Gasteiger partial charge in [-0.3, -0.25) is 4.90 Å². The molecule has 2 heteroatoms. The van der Waals surface area contributed by atoms with Crippen LogP contribution >= 0.6 is 0 Å². The van der Waals surface area contributed by atoms with Gasteiger partial charge in [0.25, 0.3) is 0 Å². The SMILES string of the molecule is CCCC[C@@H]1CC[C@H]2CCCC[C@]23CC[C@@H](O)CN13. The number of aliphatic hydroxyl groups excluding tert-OH is 1. The summed E-state index contributed by atoms with van der Waals surface area (Å²) >= 11 is 0. The number of piperidine rings is 2. The zero-order valence-electron chi connectivity index (χ0n) is 12.6. The molecule has 2 nitrogen and oxygen atoms in total. The van der Waals surface area contributed by atoms with Crippen molar-refractivity contribution in [1.29, 1.82) is 0 Å². The standard InChI is InChI=1S/C17H31NO/c1-2-3-7-15-9-8-14-6-4-5-11-17(14)12-10-16(19)13-18(15)17/h14-16,19H,2-13H2,1H3/t14-,15-,16-,17+/m1/s1. The summed E-state index contributed by atoms with van der Waals surface area (Å²) in [6.45, 7) is 3.26. The van der Waals surface area contributed by atoms with Gasteiger partial charge in [0, 0.05) is 18.1 Å². The van der Waals surface area contributed by atoms with Crippen LogP contribution in [0.2, 0.25) is 0 Å². The molecule has 4 atom stereocenters. The lowest BCUT2D eigenvalue weighted by Gasteiger charge is -2.61. The summed E-state index contributed by atoms with van der Waals surface area (Å²) in [6, 6.07) is 0.768. The molecule has 19 heavy (non-hydrogen) atoms. The Morgan fingerprint density at radius 2 is 2.00 bits per heavy atom. The third kappa shape index (κ3) is 2.47. The fraction of sp³-hybridized carbons (Fsp3) is 1.00. The highest BCUT2D eigenvalue weighted by Crippen LogP contribution is 2.51.